The molecule has 2 aromatic rings. The molecule has 0 spiro atoms. The smallest absolute Gasteiger partial charge is 0.0991 e. The van der Waals surface area contributed by atoms with Gasteiger partial charge in [-0.05, 0) is 36.8 Å². The molecule has 3 heteroatoms. The van der Waals surface area contributed by atoms with Gasteiger partial charge in [0.15, 0.2) is 0 Å². The van der Waals surface area contributed by atoms with Crippen LogP contribution in [0.15, 0.2) is 42.6 Å². The van der Waals surface area contributed by atoms with E-state index in [2.05, 4.69) is 52.9 Å². The summed E-state index contributed by atoms with van der Waals surface area (Å²) in [5.41, 5.74) is 3.38. The Morgan fingerprint density at radius 2 is 2.00 bits per heavy atom. The van der Waals surface area contributed by atoms with Crippen molar-refractivity contribution in [2.45, 2.75) is 26.1 Å². The van der Waals surface area contributed by atoms with Crippen LogP contribution in [0.2, 0.25) is 0 Å². The Balaban J connectivity index is 1.75. The molecule has 1 aliphatic rings. The summed E-state index contributed by atoms with van der Waals surface area (Å²) in [5, 5.41) is 8.81. The van der Waals surface area contributed by atoms with Gasteiger partial charge in [-0.1, -0.05) is 12.1 Å². The second-order valence-corrected chi connectivity index (χ2v) is 5.08. The number of aromatic nitrogens is 1. The number of benzene rings is 1. The number of nitriles is 1. The molecule has 0 aliphatic carbocycles. The van der Waals surface area contributed by atoms with Crippen LogP contribution in [0.1, 0.15) is 29.8 Å². The summed E-state index contributed by atoms with van der Waals surface area (Å²) in [7, 11) is 0. The van der Waals surface area contributed by atoms with E-state index in [1.807, 2.05) is 12.1 Å². The molecule has 3 nitrogen and oxygen atoms in total. The molecule has 19 heavy (non-hydrogen) atoms. The van der Waals surface area contributed by atoms with Crippen molar-refractivity contribution in [3.8, 4) is 6.07 Å². The highest BCUT2D eigenvalue weighted by Gasteiger charge is 2.23. The van der Waals surface area contributed by atoms with Crippen molar-refractivity contribution in [2.75, 3.05) is 6.54 Å². The van der Waals surface area contributed by atoms with E-state index in [0.29, 0.717) is 6.04 Å². The minimum atomic E-state index is 0.444. The average Bonchev–Trinajstić information content (AvgIpc) is 2.92. The van der Waals surface area contributed by atoms with Gasteiger partial charge in [0.25, 0.3) is 0 Å². The van der Waals surface area contributed by atoms with Crippen LogP contribution in [-0.2, 0) is 13.1 Å². The van der Waals surface area contributed by atoms with E-state index < -0.39 is 0 Å². The highest BCUT2D eigenvalue weighted by molar-refractivity contribution is 5.31. The van der Waals surface area contributed by atoms with Gasteiger partial charge in [-0.3, -0.25) is 4.90 Å². The maximum atomic E-state index is 8.81. The van der Waals surface area contributed by atoms with Crippen molar-refractivity contribution in [3.05, 3.63) is 59.4 Å². The summed E-state index contributed by atoms with van der Waals surface area (Å²) in [6.07, 6.45) is 2.16. The highest BCUT2D eigenvalue weighted by Crippen LogP contribution is 2.26. The third kappa shape index (κ3) is 2.27. The van der Waals surface area contributed by atoms with Crippen molar-refractivity contribution in [1.82, 2.24) is 9.47 Å². The summed E-state index contributed by atoms with van der Waals surface area (Å²) < 4.78 is 2.33. The monoisotopic (exact) mass is 251 g/mol. The van der Waals surface area contributed by atoms with E-state index in [-0.39, 0.29) is 0 Å². The Kier molecular flexibility index (Phi) is 3.10. The van der Waals surface area contributed by atoms with E-state index in [1.54, 1.807) is 0 Å². The second kappa shape index (κ2) is 4.91. The van der Waals surface area contributed by atoms with E-state index in [0.717, 1.165) is 25.2 Å². The standard InChI is InChI=1S/C16H17N3/c1-13-16-3-2-8-18(16)9-10-19(13)12-15-6-4-14(11-17)5-7-15/h2-8,13H,9-10,12H2,1H3. The molecule has 1 aliphatic heterocycles. The normalized spacial score (nSPS) is 18.8. The molecule has 96 valence electrons. The Bertz CT molecular complexity index is 604. The first-order valence-corrected chi connectivity index (χ1v) is 6.66. The van der Waals surface area contributed by atoms with Crippen molar-refractivity contribution in [1.29, 1.82) is 5.26 Å². The van der Waals surface area contributed by atoms with Crippen LogP contribution in [0, 0.1) is 11.3 Å². The van der Waals surface area contributed by atoms with Gasteiger partial charge in [-0.25, -0.2) is 0 Å². The highest BCUT2D eigenvalue weighted by atomic mass is 15.2. The molecule has 0 bridgehead atoms. The van der Waals surface area contributed by atoms with Crippen LogP contribution in [-0.4, -0.2) is 16.0 Å². The first-order chi connectivity index (χ1) is 9.28. The van der Waals surface area contributed by atoms with Gasteiger partial charge in [0.1, 0.15) is 0 Å². The van der Waals surface area contributed by atoms with Gasteiger partial charge in [-0.2, -0.15) is 5.26 Å². The SMILES string of the molecule is CC1c2cccn2CCN1Cc1ccc(C#N)cc1. The molecule has 1 atom stereocenters. The number of fused-ring (bicyclic) bond motifs is 1. The number of rotatable bonds is 2. The minimum absolute atomic E-state index is 0.444. The van der Waals surface area contributed by atoms with Crippen molar-refractivity contribution in [2.24, 2.45) is 0 Å². The van der Waals surface area contributed by atoms with Gasteiger partial charge in [0.2, 0.25) is 0 Å². The van der Waals surface area contributed by atoms with Crippen LogP contribution in [0.3, 0.4) is 0 Å². The van der Waals surface area contributed by atoms with E-state index in [1.165, 1.54) is 11.3 Å². The molecule has 0 saturated heterocycles. The van der Waals surface area contributed by atoms with Gasteiger partial charge in [0, 0.05) is 37.6 Å². The molecule has 1 aromatic heterocycles. The molecule has 3 rings (SSSR count). The van der Waals surface area contributed by atoms with Crippen LogP contribution in [0.4, 0.5) is 0 Å². The zero-order valence-electron chi connectivity index (χ0n) is 11.1. The maximum Gasteiger partial charge on any atom is 0.0991 e. The van der Waals surface area contributed by atoms with Crippen LogP contribution >= 0.6 is 0 Å². The van der Waals surface area contributed by atoms with Crippen LogP contribution < -0.4 is 0 Å². The lowest BCUT2D eigenvalue weighted by atomic mass is 10.1. The molecule has 0 saturated carbocycles. The van der Waals surface area contributed by atoms with E-state index in [9.17, 15) is 0 Å². The van der Waals surface area contributed by atoms with Gasteiger partial charge < -0.3 is 4.57 Å². The summed E-state index contributed by atoms with van der Waals surface area (Å²) in [6, 6.07) is 14.8. The lowest BCUT2D eigenvalue weighted by Gasteiger charge is -2.34. The summed E-state index contributed by atoms with van der Waals surface area (Å²) in [4.78, 5) is 2.48. The predicted octanol–water partition coefficient (Wildman–Crippen LogP) is 2.94. The molecule has 0 amide bonds. The summed E-state index contributed by atoms with van der Waals surface area (Å²) in [6.45, 7) is 5.33. The van der Waals surface area contributed by atoms with E-state index >= 15 is 0 Å². The summed E-state index contributed by atoms with van der Waals surface area (Å²) in [5.74, 6) is 0. The summed E-state index contributed by atoms with van der Waals surface area (Å²) >= 11 is 0. The van der Waals surface area contributed by atoms with Crippen LogP contribution in [0.5, 0.6) is 0 Å². The quantitative estimate of drug-likeness (QED) is 0.822. The average molecular weight is 251 g/mol. The van der Waals surface area contributed by atoms with E-state index in [4.69, 9.17) is 5.26 Å². The number of hydrogen-bond donors (Lipinski definition) is 0. The Morgan fingerprint density at radius 3 is 2.74 bits per heavy atom. The first kappa shape index (κ1) is 12.0. The number of hydrogen-bond acceptors (Lipinski definition) is 2. The Labute approximate surface area is 113 Å². The fraction of sp³-hybridized carbons (Fsp3) is 0.312. The van der Waals surface area contributed by atoms with Gasteiger partial charge in [-0.15, -0.1) is 0 Å². The molecule has 1 unspecified atom stereocenters. The lowest BCUT2D eigenvalue weighted by molar-refractivity contribution is 0.161. The minimum Gasteiger partial charge on any atom is -0.349 e. The van der Waals surface area contributed by atoms with Crippen molar-refractivity contribution >= 4 is 0 Å². The molecule has 0 N–H and O–H groups in total. The second-order valence-electron chi connectivity index (χ2n) is 5.08. The third-order valence-corrected chi connectivity index (χ3v) is 3.94. The van der Waals surface area contributed by atoms with Crippen LogP contribution in [0.25, 0.3) is 0 Å². The Hall–Kier alpha value is -2.05. The largest absolute Gasteiger partial charge is 0.349 e. The molecule has 1 aromatic carbocycles. The maximum absolute atomic E-state index is 8.81. The molecular weight excluding hydrogens is 234 g/mol. The zero-order chi connectivity index (χ0) is 13.2. The predicted molar refractivity (Wildman–Crippen MR) is 74.4 cm³/mol. The van der Waals surface area contributed by atoms with Gasteiger partial charge >= 0.3 is 0 Å². The fourth-order valence-electron chi connectivity index (χ4n) is 2.76. The van der Waals surface area contributed by atoms with Crippen molar-refractivity contribution in [3.63, 3.8) is 0 Å². The third-order valence-electron chi connectivity index (χ3n) is 3.94. The van der Waals surface area contributed by atoms with Crippen molar-refractivity contribution < 1.29 is 0 Å². The zero-order valence-corrected chi connectivity index (χ0v) is 11.1. The van der Waals surface area contributed by atoms with Gasteiger partial charge in [0.05, 0.1) is 11.6 Å². The lowest BCUT2D eigenvalue weighted by Crippen LogP contribution is -2.35. The molecule has 2 heterocycles. The molecular formula is C16H17N3. The first-order valence-electron chi connectivity index (χ1n) is 6.66. The topological polar surface area (TPSA) is 32.0 Å². The fourth-order valence-corrected chi connectivity index (χ4v) is 2.76. The molecule has 0 fully saturated rings. The Morgan fingerprint density at radius 1 is 1.21 bits per heavy atom. The molecule has 0 radical (unpaired) electrons. The number of nitrogens with zero attached hydrogens (tertiary/aromatic N) is 3.